The molecule has 3 N–H and O–H groups in total. The van der Waals surface area contributed by atoms with Gasteiger partial charge in [-0.15, -0.1) is 0 Å². The van der Waals surface area contributed by atoms with Gasteiger partial charge in [-0.3, -0.25) is 9.59 Å². The van der Waals surface area contributed by atoms with Gasteiger partial charge >= 0.3 is 5.97 Å². The minimum atomic E-state index is -1.26. The number of esters is 1. The van der Waals surface area contributed by atoms with E-state index >= 15 is 0 Å². The molecule has 0 aromatic heterocycles. The molecule has 2 fully saturated rings. The predicted molar refractivity (Wildman–Crippen MR) is 139 cm³/mol. The van der Waals surface area contributed by atoms with E-state index in [1.54, 1.807) is 19.1 Å². The molecule has 1 aromatic rings. The first-order valence-corrected chi connectivity index (χ1v) is 12.9. The SMILES string of the molecule is C=C1C(C)C2C(Cc3ccccc3)NC(=O)[C@]23C(OC(C)=O)C=C[C@](C)(O)CC(C)CC=CC3C1O. The number of benzene rings is 1. The van der Waals surface area contributed by atoms with E-state index in [4.69, 9.17) is 4.74 Å². The van der Waals surface area contributed by atoms with Crippen LogP contribution in [-0.2, 0) is 20.7 Å². The van der Waals surface area contributed by atoms with Gasteiger partial charge in [0.2, 0.25) is 5.91 Å². The molecule has 1 spiro atoms. The van der Waals surface area contributed by atoms with Crippen molar-refractivity contribution in [3.8, 4) is 0 Å². The Hall–Kier alpha value is -2.70. The maximum atomic E-state index is 14.2. The zero-order valence-corrected chi connectivity index (χ0v) is 21.7. The number of amides is 1. The second-order valence-corrected chi connectivity index (χ2v) is 11.3. The van der Waals surface area contributed by atoms with E-state index in [1.807, 2.05) is 49.4 Å². The normalized spacial score (nSPS) is 40.6. The van der Waals surface area contributed by atoms with Crippen molar-refractivity contribution in [1.82, 2.24) is 5.32 Å². The summed E-state index contributed by atoms with van der Waals surface area (Å²) in [5.41, 5.74) is -0.635. The summed E-state index contributed by atoms with van der Waals surface area (Å²) < 4.78 is 5.89. The Morgan fingerprint density at radius 3 is 2.58 bits per heavy atom. The fourth-order valence-corrected chi connectivity index (χ4v) is 6.90. The number of ether oxygens (including phenoxy) is 1. The zero-order valence-electron chi connectivity index (χ0n) is 21.7. The first-order chi connectivity index (χ1) is 17.0. The number of aliphatic hydroxyl groups excluding tert-OH is 1. The number of allylic oxidation sites excluding steroid dienone is 1. The average molecular weight is 494 g/mol. The number of nitrogens with one attached hydrogen (secondary N) is 1. The van der Waals surface area contributed by atoms with Crippen LogP contribution in [0.25, 0.3) is 0 Å². The van der Waals surface area contributed by atoms with Crippen molar-refractivity contribution in [2.24, 2.45) is 29.1 Å². The summed E-state index contributed by atoms with van der Waals surface area (Å²) in [5.74, 6) is -1.75. The highest BCUT2D eigenvalue weighted by molar-refractivity contribution is 5.89. The molecule has 4 rings (SSSR count). The van der Waals surface area contributed by atoms with Crippen molar-refractivity contribution in [3.05, 3.63) is 72.4 Å². The largest absolute Gasteiger partial charge is 0.457 e. The van der Waals surface area contributed by atoms with Crippen molar-refractivity contribution >= 4 is 11.9 Å². The minimum absolute atomic E-state index is 0.170. The summed E-state index contributed by atoms with van der Waals surface area (Å²) in [7, 11) is 0. The molecule has 0 radical (unpaired) electrons. The van der Waals surface area contributed by atoms with Gasteiger partial charge in [0.1, 0.15) is 11.5 Å². The molecule has 9 atom stereocenters. The van der Waals surface area contributed by atoms with Gasteiger partial charge in [0.25, 0.3) is 0 Å². The molecule has 7 unspecified atom stereocenters. The maximum absolute atomic E-state index is 14.2. The van der Waals surface area contributed by atoms with Crippen LogP contribution < -0.4 is 5.32 Å². The monoisotopic (exact) mass is 493 g/mol. The van der Waals surface area contributed by atoms with E-state index in [-0.39, 0.29) is 29.7 Å². The molecule has 1 saturated carbocycles. The lowest BCUT2D eigenvalue weighted by molar-refractivity contribution is -0.166. The van der Waals surface area contributed by atoms with Crippen LogP contribution in [0.1, 0.15) is 46.1 Å². The van der Waals surface area contributed by atoms with E-state index in [2.05, 4.69) is 18.8 Å². The molecule has 1 saturated heterocycles. The number of rotatable bonds is 3. The Morgan fingerprint density at radius 2 is 1.92 bits per heavy atom. The third-order valence-electron chi connectivity index (χ3n) is 8.43. The van der Waals surface area contributed by atoms with Crippen molar-refractivity contribution in [1.29, 1.82) is 0 Å². The summed E-state index contributed by atoms with van der Waals surface area (Å²) in [5, 5.41) is 25.8. The number of carbonyl (C=O) groups is 2. The van der Waals surface area contributed by atoms with Crippen molar-refractivity contribution in [3.63, 3.8) is 0 Å². The van der Waals surface area contributed by atoms with Crippen molar-refractivity contribution < 1.29 is 24.5 Å². The minimum Gasteiger partial charge on any atom is -0.457 e. The van der Waals surface area contributed by atoms with Crippen LogP contribution in [0.4, 0.5) is 0 Å². The lowest BCUT2D eigenvalue weighted by Gasteiger charge is -2.52. The van der Waals surface area contributed by atoms with E-state index in [0.717, 1.165) is 5.56 Å². The van der Waals surface area contributed by atoms with Crippen LogP contribution in [0.15, 0.2) is 66.8 Å². The Balaban J connectivity index is 1.92. The van der Waals surface area contributed by atoms with Gasteiger partial charge in [-0.2, -0.15) is 0 Å². The van der Waals surface area contributed by atoms with Gasteiger partial charge in [-0.05, 0) is 55.2 Å². The average Bonchev–Trinajstić information content (AvgIpc) is 3.08. The Morgan fingerprint density at radius 1 is 1.22 bits per heavy atom. The highest BCUT2D eigenvalue weighted by Gasteiger charge is 2.68. The summed E-state index contributed by atoms with van der Waals surface area (Å²) in [6.45, 7) is 11.3. The third kappa shape index (κ3) is 4.69. The quantitative estimate of drug-likeness (QED) is 0.440. The number of carbonyl (C=O) groups excluding carboxylic acids is 2. The van der Waals surface area contributed by atoms with Gasteiger partial charge in [0.15, 0.2) is 0 Å². The highest BCUT2D eigenvalue weighted by Crippen LogP contribution is 2.58. The van der Waals surface area contributed by atoms with Crippen LogP contribution >= 0.6 is 0 Å². The number of hydrogen-bond donors (Lipinski definition) is 3. The molecule has 2 aliphatic carbocycles. The summed E-state index contributed by atoms with van der Waals surface area (Å²) in [6, 6.07) is 9.73. The molecule has 1 amide bonds. The molecule has 0 bridgehead atoms. The molecule has 36 heavy (non-hydrogen) atoms. The topological polar surface area (TPSA) is 95.9 Å². The molecule has 6 nitrogen and oxygen atoms in total. The molecule has 6 heteroatoms. The number of aliphatic hydroxyl groups is 2. The van der Waals surface area contributed by atoms with Gasteiger partial charge in [0.05, 0.1) is 11.7 Å². The lowest BCUT2D eigenvalue weighted by atomic mass is 9.51. The predicted octanol–water partition coefficient (Wildman–Crippen LogP) is 3.74. The fraction of sp³-hybridized carbons (Fsp3) is 0.533. The Kier molecular flexibility index (Phi) is 7.31. The Bertz CT molecular complexity index is 1060. The van der Waals surface area contributed by atoms with Crippen LogP contribution in [0.2, 0.25) is 0 Å². The van der Waals surface area contributed by atoms with Gasteiger partial charge in [-0.25, -0.2) is 0 Å². The zero-order chi connectivity index (χ0) is 26.3. The second-order valence-electron chi connectivity index (χ2n) is 11.3. The van der Waals surface area contributed by atoms with Crippen LogP contribution in [0.5, 0.6) is 0 Å². The molecule has 1 heterocycles. The summed E-state index contributed by atoms with van der Waals surface area (Å²) >= 11 is 0. The van der Waals surface area contributed by atoms with E-state index in [1.165, 1.54) is 6.92 Å². The molecular weight excluding hydrogens is 454 g/mol. The van der Waals surface area contributed by atoms with Gasteiger partial charge < -0.3 is 20.3 Å². The second kappa shape index (κ2) is 9.98. The smallest absolute Gasteiger partial charge is 0.303 e. The van der Waals surface area contributed by atoms with Crippen LogP contribution in [-0.4, -0.2) is 45.9 Å². The molecule has 194 valence electrons. The van der Waals surface area contributed by atoms with Crippen LogP contribution in [0, 0.1) is 29.1 Å². The molecular formula is C30H39NO5. The standard InChI is InChI=1S/C30H39NO5/c1-18-10-9-13-23-27(33)20(3)19(2)26-24(16-22-11-7-6-8-12-22)31-28(34)30(23,26)25(36-21(4)32)14-15-29(5,35)17-18/h6-9,11-15,18-19,23-27,33,35H,3,10,16-17H2,1-2,4-5H3,(H,31,34)/t18?,19?,23?,24?,25?,26?,27?,29-,30+/m0/s1. The third-order valence-corrected chi connectivity index (χ3v) is 8.43. The van der Waals surface area contributed by atoms with E-state index < -0.39 is 35.1 Å². The molecule has 1 aromatic carbocycles. The van der Waals surface area contributed by atoms with Gasteiger partial charge in [-0.1, -0.05) is 69.0 Å². The lowest BCUT2D eigenvalue weighted by Crippen LogP contribution is -2.60. The summed E-state index contributed by atoms with van der Waals surface area (Å²) in [6.07, 6.45) is 7.09. The van der Waals surface area contributed by atoms with Gasteiger partial charge in [0, 0.05) is 24.8 Å². The first kappa shape index (κ1) is 26.4. The Labute approximate surface area is 214 Å². The van der Waals surface area contributed by atoms with Crippen LogP contribution in [0.3, 0.4) is 0 Å². The van der Waals surface area contributed by atoms with Crippen molar-refractivity contribution in [2.75, 3.05) is 0 Å². The van der Waals surface area contributed by atoms with E-state index in [0.29, 0.717) is 24.8 Å². The van der Waals surface area contributed by atoms with Crippen molar-refractivity contribution in [2.45, 2.75) is 70.8 Å². The molecule has 1 aliphatic heterocycles. The van der Waals surface area contributed by atoms with E-state index in [9.17, 15) is 19.8 Å². The summed E-state index contributed by atoms with van der Waals surface area (Å²) in [4.78, 5) is 26.5. The highest BCUT2D eigenvalue weighted by atomic mass is 16.5. The fourth-order valence-electron chi connectivity index (χ4n) is 6.90. The first-order valence-electron chi connectivity index (χ1n) is 12.9. The maximum Gasteiger partial charge on any atom is 0.303 e. The molecule has 3 aliphatic rings. The number of hydrogen-bond acceptors (Lipinski definition) is 5.